The molecule has 3 nitrogen and oxygen atoms in total. The van der Waals surface area contributed by atoms with Crippen LogP contribution in [0.1, 0.15) is 58.6 Å². The zero-order chi connectivity index (χ0) is 22.6. The van der Waals surface area contributed by atoms with Gasteiger partial charge in [-0.1, -0.05) is 39.8 Å². The molecule has 30 heavy (non-hydrogen) atoms. The smallest absolute Gasteiger partial charge is 0.133 e. The van der Waals surface area contributed by atoms with Crippen molar-refractivity contribution in [3.63, 3.8) is 0 Å². The van der Waals surface area contributed by atoms with Crippen molar-refractivity contribution < 1.29 is 10.1 Å². The summed E-state index contributed by atoms with van der Waals surface area (Å²) in [5, 5.41) is 5.56. The van der Waals surface area contributed by atoms with Crippen LogP contribution in [0.25, 0.3) is 6.08 Å². The van der Waals surface area contributed by atoms with Gasteiger partial charge in [-0.3, -0.25) is 0 Å². The fourth-order valence-electron chi connectivity index (χ4n) is 3.49. The summed E-state index contributed by atoms with van der Waals surface area (Å²) >= 11 is 1.81. The molecule has 0 fully saturated rings. The Morgan fingerprint density at radius 2 is 1.87 bits per heavy atom. The summed E-state index contributed by atoms with van der Waals surface area (Å²) in [6.07, 6.45) is 8.70. The van der Waals surface area contributed by atoms with Crippen LogP contribution in [-0.2, 0) is 5.41 Å². The highest BCUT2D eigenvalue weighted by atomic mass is 32.2. The van der Waals surface area contributed by atoms with Gasteiger partial charge in [-0.25, -0.2) is 0 Å². The number of quaternary nitrogens is 1. The van der Waals surface area contributed by atoms with Crippen LogP contribution in [0.2, 0.25) is 0 Å². The van der Waals surface area contributed by atoms with Gasteiger partial charge in [0, 0.05) is 45.8 Å². The van der Waals surface area contributed by atoms with E-state index in [1.807, 2.05) is 13.8 Å². The van der Waals surface area contributed by atoms with Crippen molar-refractivity contribution in [3.8, 4) is 5.75 Å². The first kappa shape index (κ1) is 26.1. The van der Waals surface area contributed by atoms with Crippen molar-refractivity contribution in [1.82, 2.24) is 0 Å². The quantitative estimate of drug-likeness (QED) is 0.336. The Morgan fingerprint density at radius 3 is 2.43 bits per heavy atom. The third-order valence-electron chi connectivity index (χ3n) is 5.48. The minimum absolute atomic E-state index is 0.0982. The molecule has 0 aliphatic rings. The van der Waals surface area contributed by atoms with Crippen LogP contribution in [0, 0.1) is 0 Å². The predicted octanol–water partition coefficient (Wildman–Crippen LogP) is 6.47. The topological polar surface area (TPSA) is 37.9 Å². The molecule has 1 unspecified atom stereocenters. The third-order valence-corrected chi connectivity index (χ3v) is 6.21. The second-order valence-corrected chi connectivity index (χ2v) is 8.13. The summed E-state index contributed by atoms with van der Waals surface area (Å²) in [6.45, 7) is 11.7. The van der Waals surface area contributed by atoms with Crippen molar-refractivity contribution >= 4 is 29.2 Å². The number of thioether (sulfide) groups is 1. The van der Waals surface area contributed by atoms with Gasteiger partial charge in [0.15, 0.2) is 0 Å². The molecule has 0 heterocycles. The summed E-state index contributed by atoms with van der Waals surface area (Å²) in [5.41, 5.74) is 5.07. The number of ether oxygens (including phenoxy) is 1. The van der Waals surface area contributed by atoms with Gasteiger partial charge in [0.1, 0.15) is 11.4 Å². The van der Waals surface area contributed by atoms with Gasteiger partial charge in [0.05, 0.1) is 14.2 Å². The third kappa shape index (κ3) is 6.82. The molecule has 166 valence electrons. The van der Waals surface area contributed by atoms with Crippen molar-refractivity contribution in [2.24, 2.45) is 0 Å². The predicted molar refractivity (Wildman–Crippen MR) is 136 cm³/mol. The fourth-order valence-corrected chi connectivity index (χ4v) is 3.93. The maximum atomic E-state index is 5.59. The summed E-state index contributed by atoms with van der Waals surface area (Å²) in [7, 11) is 3.86. The van der Waals surface area contributed by atoms with Gasteiger partial charge < -0.3 is 15.4 Å². The van der Waals surface area contributed by atoms with E-state index in [9.17, 15) is 0 Å². The van der Waals surface area contributed by atoms with Gasteiger partial charge in [-0.15, -0.1) is 11.8 Å². The average Bonchev–Trinajstić information content (AvgIpc) is 2.80. The lowest BCUT2D eigenvalue weighted by atomic mass is 9.76. The standard InChI is InChI=1S/C24H34N2OS.C2H6/c1-7-24(3,21-17-20(28-6)13-14-22(21)25-4)15-9-10-18-11-12-19(26-8-2)16-23(18)27-5;1-2/h9-14,16-17,25-26H,7-8,15H2,1-6H3;1-2H3/p+1/b10-9+;. The molecule has 2 rings (SSSR count). The Hall–Kier alpha value is -1.91. The highest BCUT2D eigenvalue weighted by molar-refractivity contribution is 7.98. The Kier molecular flexibility index (Phi) is 11.7. The van der Waals surface area contributed by atoms with E-state index in [0.717, 1.165) is 36.4 Å². The summed E-state index contributed by atoms with van der Waals surface area (Å²) in [5.74, 6) is 0.903. The minimum Gasteiger partial charge on any atom is -0.496 e. The SMILES string of the molecule is CC.CCNc1ccc(/C=C/CC(C)(CC)c2cc(SC)ccc2[NH2+]C)c(OC)c1. The highest BCUT2D eigenvalue weighted by Gasteiger charge is 2.28. The van der Waals surface area contributed by atoms with E-state index in [1.165, 1.54) is 16.1 Å². The first-order valence-corrected chi connectivity index (χ1v) is 12.3. The van der Waals surface area contributed by atoms with Gasteiger partial charge in [0.25, 0.3) is 0 Å². The molecule has 3 N–H and O–H groups in total. The lowest BCUT2D eigenvalue weighted by molar-refractivity contribution is -0.540. The largest absolute Gasteiger partial charge is 0.496 e. The second kappa shape index (κ2) is 13.4. The number of benzene rings is 2. The normalized spacial score (nSPS) is 12.8. The van der Waals surface area contributed by atoms with Crippen LogP contribution >= 0.6 is 11.8 Å². The molecule has 4 heteroatoms. The Balaban J connectivity index is 0.00000218. The number of rotatable bonds is 10. The van der Waals surface area contributed by atoms with E-state index in [0.29, 0.717) is 0 Å². The van der Waals surface area contributed by atoms with Crippen molar-refractivity contribution in [3.05, 3.63) is 53.6 Å². The molecule has 0 aliphatic carbocycles. The van der Waals surface area contributed by atoms with E-state index >= 15 is 0 Å². The highest BCUT2D eigenvalue weighted by Crippen LogP contribution is 2.37. The lowest BCUT2D eigenvalue weighted by Gasteiger charge is -2.29. The van der Waals surface area contributed by atoms with Crippen molar-refractivity contribution in [2.75, 3.05) is 32.3 Å². The lowest BCUT2D eigenvalue weighted by Crippen LogP contribution is -2.73. The number of anilines is 1. The molecular weight excluding hydrogens is 388 g/mol. The molecule has 0 aliphatic heterocycles. The molecule has 1 atom stereocenters. The van der Waals surface area contributed by atoms with Crippen LogP contribution in [0.5, 0.6) is 5.75 Å². The summed E-state index contributed by atoms with van der Waals surface area (Å²) < 4.78 is 5.59. The van der Waals surface area contributed by atoms with E-state index in [4.69, 9.17) is 4.74 Å². The first-order valence-electron chi connectivity index (χ1n) is 11.1. The van der Waals surface area contributed by atoms with Gasteiger partial charge >= 0.3 is 0 Å². The molecule has 0 saturated heterocycles. The molecule has 0 aromatic heterocycles. The Morgan fingerprint density at radius 1 is 1.13 bits per heavy atom. The summed E-state index contributed by atoms with van der Waals surface area (Å²) in [4.78, 5) is 1.32. The first-order chi connectivity index (χ1) is 14.5. The molecule has 0 bridgehead atoms. The zero-order valence-electron chi connectivity index (χ0n) is 20.1. The number of nitrogens with one attached hydrogen (secondary N) is 1. The monoisotopic (exact) mass is 429 g/mol. The Labute approximate surface area is 188 Å². The molecule has 2 aromatic carbocycles. The van der Waals surface area contributed by atoms with E-state index in [-0.39, 0.29) is 5.41 Å². The van der Waals surface area contributed by atoms with E-state index in [1.54, 1.807) is 18.9 Å². The van der Waals surface area contributed by atoms with Crippen LogP contribution in [0.15, 0.2) is 47.4 Å². The Bertz CT molecular complexity index is 804. The average molecular weight is 430 g/mol. The molecule has 0 spiro atoms. The van der Waals surface area contributed by atoms with E-state index in [2.05, 4.69) is 93.3 Å². The summed E-state index contributed by atoms with van der Waals surface area (Å²) in [6, 6.07) is 13.1. The number of allylic oxidation sites excluding steroid dienone is 1. The number of methoxy groups -OCH3 is 1. The molecule has 0 radical (unpaired) electrons. The molecule has 2 aromatic rings. The van der Waals surface area contributed by atoms with Gasteiger partial charge in [0.2, 0.25) is 0 Å². The van der Waals surface area contributed by atoms with Crippen LogP contribution in [0.4, 0.5) is 11.4 Å². The maximum Gasteiger partial charge on any atom is 0.133 e. The van der Waals surface area contributed by atoms with Crippen LogP contribution in [0.3, 0.4) is 0 Å². The van der Waals surface area contributed by atoms with Gasteiger partial charge in [-0.05, 0) is 50.3 Å². The molecular formula is C26H41N2OS+. The number of hydrogen-bond donors (Lipinski definition) is 2. The van der Waals surface area contributed by atoms with Crippen molar-refractivity contribution in [1.29, 1.82) is 0 Å². The molecule has 0 amide bonds. The second-order valence-electron chi connectivity index (χ2n) is 7.25. The number of hydrogen-bond acceptors (Lipinski definition) is 3. The number of nitrogens with two attached hydrogens (primary N) is 1. The fraction of sp³-hybridized carbons (Fsp3) is 0.462. The van der Waals surface area contributed by atoms with Crippen LogP contribution in [-0.4, -0.2) is 27.0 Å². The van der Waals surface area contributed by atoms with Crippen molar-refractivity contribution in [2.45, 2.75) is 57.8 Å². The zero-order valence-corrected chi connectivity index (χ0v) is 21.0. The van der Waals surface area contributed by atoms with Crippen LogP contribution < -0.4 is 15.4 Å². The minimum atomic E-state index is 0.0982. The maximum absolute atomic E-state index is 5.59. The molecule has 0 saturated carbocycles. The van der Waals surface area contributed by atoms with Gasteiger partial charge in [-0.2, -0.15) is 0 Å². The van der Waals surface area contributed by atoms with E-state index < -0.39 is 0 Å².